The molecule has 0 saturated heterocycles. The van der Waals surface area contributed by atoms with Crippen molar-refractivity contribution in [3.63, 3.8) is 0 Å². The standard InChI is InChI=1S/C17H20N4O2/c18-14-10-16(22)21-15(20-14)7-8-19-17(23)13-6-5-11-3-1-2-4-12(11)9-13/h1-4,10,13H,5-9H2,(H,19,23)(H3,18,20,21,22). The predicted octanol–water partition coefficient (Wildman–Crippen LogP) is 0.816. The summed E-state index contributed by atoms with van der Waals surface area (Å²) in [6, 6.07) is 9.52. The summed E-state index contributed by atoms with van der Waals surface area (Å²) < 4.78 is 0. The minimum absolute atomic E-state index is 0.0118. The molecule has 1 aromatic carbocycles. The number of carbonyl (C=O) groups is 1. The van der Waals surface area contributed by atoms with E-state index < -0.39 is 0 Å². The topological polar surface area (TPSA) is 101 Å². The molecule has 1 aromatic heterocycles. The van der Waals surface area contributed by atoms with Gasteiger partial charge in [0, 0.05) is 24.9 Å². The maximum absolute atomic E-state index is 12.3. The monoisotopic (exact) mass is 312 g/mol. The highest BCUT2D eigenvalue weighted by molar-refractivity contribution is 5.79. The van der Waals surface area contributed by atoms with E-state index in [4.69, 9.17) is 5.73 Å². The van der Waals surface area contributed by atoms with Crippen LogP contribution in [0.5, 0.6) is 0 Å². The van der Waals surface area contributed by atoms with Crippen LogP contribution >= 0.6 is 0 Å². The molecule has 0 saturated carbocycles. The van der Waals surface area contributed by atoms with Crippen LogP contribution in [0.3, 0.4) is 0 Å². The predicted molar refractivity (Wildman–Crippen MR) is 87.9 cm³/mol. The number of aryl methyl sites for hydroxylation is 1. The lowest BCUT2D eigenvalue weighted by Gasteiger charge is -2.23. The molecular weight excluding hydrogens is 292 g/mol. The number of benzene rings is 1. The number of nitrogen functional groups attached to an aromatic ring is 1. The van der Waals surface area contributed by atoms with Crippen LogP contribution in [0.15, 0.2) is 35.1 Å². The Morgan fingerprint density at radius 2 is 2.13 bits per heavy atom. The molecule has 1 unspecified atom stereocenters. The Hall–Kier alpha value is -2.63. The summed E-state index contributed by atoms with van der Waals surface area (Å²) in [4.78, 5) is 30.3. The summed E-state index contributed by atoms with van der Waals surface area (Å²) in [5.41, 5.74) is 7.87. The zero-order chi connectivity index (χ0) is 16.2. The van der Waals surface area contributed by atoms with Gasteiger partial charge in [-0.15, -0.1) is 0 Å². The van der Waals surface area contributed by atoms with E-state index in [9.17, 15) is 9.59 Å². The Morgan fingerprint density at radius 1 is 1.35 bits per heavy atom. The Kier molecular flexibility index (Phi) is 4.41. The summed E-state index contributed by atoms with van der Waals surface area (Å²) in [5.74, 6) is 0.756. The number of nitrogens with two attached hydrogens (primary N) is 1. The highest BCUT2D eigenvalue weighted by Gasteiger charge is 2.23. The fourth-order valence-electron chi connectivity index (χ4n) is 3.02. The number of aromatic amines is 1. The number of nitrogens with one attached hydrogen (secondary N) is 2. The molecule has 6 nitrogen and oxygen atoms in total. The van der Waals surface area contributed by atoms with Gasteiger partial charge in [0.1, 0.15) is 11.6 Å². The van der Waals surface area contributed by atoms with Crippen molar-refractivity contribution in [2.24, 2.45) is 5.92 Å². The van der Waals surface area contributed by atoms with Gasteiger partial charge < -0.3 is 16.0 Å². The molecule has 2 aromatic rings. The molecule has 0 spiro atoms. The fourth-order valence-corrected chi connectivity index (χ4v) is 3.02. The second-order valence-electron chi connectivity index (χ2n) is 5.87. The first kappa shape index (κ1) is 15.3. The van der Waals surface area contributed by atoms with E-state index in [0.29, 0.717) is 18.8 Å². The summed E-state index contributed by atoms with van der Waals surface area (Å²) in [6.45, 7) is 0.434. The molecule has 1 aliphatic rings. The van der Waals surface area contributed by atoms with Crippen LogP contribution in [0.1, 0.15) is 23.4 Å². The van der Waals surface area contributed by atoms with Crippen LogP contribution in [0.2, 0.25) is 0 Å². The largest absolute Gasteiger partial charge is 0.383 e. The quantitative estimate of drug-likeness (QED) is 0.778. The average Bonchev–Trinajstić information content (AvgIpc) is 2.53. The number of hydrogen-bond acceptors (Lipinski definition) is 4. The SMILES string of the molecule is Nc1cc(=O)[nH]c(CCNC(=O)C2CCc3ccccc3C2)n1. The van der Waals surface area contributed by atoms with Crippen LogP contribution < -0.4 is 16.6 Å². The van der Waals surface area contributed by atoms with Gasteiger partial charge >= 0.3 is 0 Å². The van der Waals surface area contributed by atoms with Gasteiger partial charge in [-0.1, -0.05) is 24.3 Å². The van der Waals surface area contributed by atoms with E-state index in [0.717, 1.165) is 19.3 Å². The molecular formula is C17H20N4O2. The van der Waals surface area contributed by atoms with Crippen LogP contribution in [-0.4, -0.2) is 22.4 Å². The highest BCUT2D eigenvalue weighted by Crippen LogP contribution is 2.25. The number of hydrogen-bond donors (Lipinski definition) is 3. The number of H-pyrrole nitrogens is 1. The molecule has 120 valence electrons. The lowest BCUT2D eigenvalue weighted by molar-refractivity contribution is -0.125. The van der Waals surface area contributed by atoms with Crippen molar-refractivity contribution in [1.82, 2.24) is 15.3 Å². The maximum atomic E-state index is 12.3. The summed E-state index contributed by atoms with van der Waals surface area (Å²) in [6.07, 6.45) is 3.05. The van der Waals surface area contributed by atoms with Gasteiger partial charge in [0.05, 0.1) is 0 Å². The molecule has 3 rings (SSSR count). The highest BCUT2D eigenvalue weighted by atomic mass is 16.2. The number of anilines is 1. The average molecular weight is 312 g/mol. The molecule has 1 atom stereocenters. The van der Waals surface area contributed by atoms with E-state index >= 15 is 0 Å². The molecule has 0 bridgehead atoms. The van der Waals surface area contributed by atoms with E-state index in [2.05, 4.69) is 27.4 Å². The van der Waals surface area contributed by atoms with Crippen molar-refractivity contribution in [1.29, 1.82) is 0 Å². The number of aromatic nitrogens is 2. The zero-order valence-electron chi connectivity index (χ0n) is 12.8. The molecule has 0 fully saturated rings. The Morgan fingerprint density at radius 3 is 2.91 bits per heavy atom. The fraction of sp³-hybridized carbons (Fsp3) is 0.353. The minimum Gasteiger partial charge on any atom is -0.383 e. The lowest BCUT2D eigenvalue weighted by atomic mass is 9.83. The Bertz CT molecular complexity index is 769. The van der Waals surface area contributed by atoms with Gasteiger partial charge in [-0.2, -0.15) is 0 Å². The summed E-state index contributed by atoms with van der Waals surface area (Å²) in [5, 5.41) is 2.93. The van der Waals surface area contributed by atoms with Crippen molar-refractivity contribution in [2.75, 3.05) is 12.3 Å². The van der Waals surface area contributed by atoms with Crippen molar-refractivity contribution >= 4 is 11.7 Å². The van der Waals surface area contributed by atoms with Crippen LogP contribution in [0, 0.1) is 5.92 Å². The number of fused-ring (bicyclic) bond motifs is 1. The second-order valence-corrected chi connectivity index (χ2v) is 5.87. The van der Waals surface area contributed by atoms with Crippen molar-refractivity contribution < 1.29 is 4.79 Å². The molecule has 0 radical (unpaired) electrons. The molecule has 23 heavy (non-hydrogen) atoms. The van der Waals surface area contributed by atoms with E-state index in [1.165, 1.54) is 17.2 Å². The van der Waals surface area contributed by atoms with Gasteiger partial charge in [-0.3, -0.25) is 9.59 Å². The second kappa shape index (κ2) is 6.64. The molecule has 1 amide bonds. The third-order valence-corrected chi connectivity index (χ3v) is 4.19. The van der Waals surface area contributed by atoms with E-state index in [1.807, 2.05) is 12.1 Å². The minimum atomic E-state index is -0.275. The van der Waals surface area contributed by atoms with Crippen LogP contribution in [-0.2, 0) is 24.1 Å². The number of carbonyl (C=O) groups excluding carboxylic acids is 1. The molecule has 1 heterocycles. The number of amides is 1. The third-order valence-electron chi connectivity index (χ3n) is 4.19. The van der Waals surface area contributed by atoms with Crippen LogP contribution in [0.4, 0.5) is 5.82 Å². The molecule has 6 heteroatoms. The molecule has 1 aliphatic carbocycles. The van der Waals surface area contributed by atoms with Gasteiger partial charge in [0.25, 0.3) is 5.56 Å². The molecule has 4 N–H and O–H groups in total. The zero-order valence-corrected chi connectivity index (χ0v) is 12.8. The molecule has 0 aliphatic heterocycles. The number of rotatable bonds is 4. The van der Waals surface area contributed by atoms with Crippen LogP contribution in [0.25, 0.3) is 0 Å². The van der Waals surface area contributed by atoms with Gasteiger partial charge in [-0.25, -0.2) is 4.98 Å². The Balaban J connectivity index is 1.53. The first-order valence-electron chi connectivity index (χ1n) is 7.82. The van der Waals surface area contributed by atoms with Crippen molar-refractivity contribution in [3.05, 3.63) is 57.6 Å². The van der Waals surface area contributed by atoms with Gasteiger partial charge in [-0.05, 0) is 30.4 Å². The first-order chi connectivity index (χ1) is 11.1. The Labute approximate surface area is 134 Å². The lowest BCUT2D eigenvalue weighted by Crippen LogP contribution is -2.35. The number of nitrogens with zero attached hydrogens (tertiary/aromatic N) is 1. The van der Waals surface area contributed by atoms with Crippen molar-refractivity contribution in [3.8, 4) is 0 Å². The summed E-state index contributed by atoms with van der Waals surface area (Å²) >= 11 is 0. The van der Waals surface area contributed by atoms with E-state index in [-0.39, 0.29) is 23.2 Å². The first-order valence-corrected chi connectivity index (χ1v) is 7.82. The maximum Gasteiger partial charge on any atom is 0.252 e. The third kappa shape index (κ3) is 3.77. The van der Waals surface area contributed by atoms with Gasteiger partial charge in [0.2, 0.25) is 5.91 Å². The smallest absolute Gasteiger partial charge is 0.252 e. The van der Waals surface area contributed by atoms with E-state index in [1.54, 1.807) is 0 Å². The van der Waals surface area contributed by atoms with Gasteiger partial charge in [0.15, 0.2) is 0 Å². The summed E-state index contributed by atoms with van der Waals surface area (Å²) in [7, 11) is 0. The normalized spacial score (nSPS) is 16.6. The van der Waals surface area contributed by atoms with Crippen molar-refractivity contribution in [2.45, 2.75) is 25.7 Å².